The summed E-state index contributed by atoms with van der Waals surface area (Å²) in [7, 11) is -28.5. The van der Waals surface area contributed by atoms with Crippen LogP contribution in [0.1, 0.15) is 54.6 Å². The molecule has 4 rings (SSSR count). The van der Waals surface area contributed by atoms with E-state index in [4.69, 9.17) is 24.7 Å². The second kappa shape index (κ2) is 21.3. The van der Waals surface area contributed by atoms with Crippen molar-refractivity contribution >= 4 is 93.5 Å². The standard InChI is InChI=1S/C34H37N2O18S5.C3H7O3S.Ni/c1-33(20-56(43,44)45,26-8-5-7-24-25(26)18-23(58(49,50)51)19-29(24)59(52,53)54)13-4-3-9-30-34(2,21-57(46,47)48)27-11-10-22(32(39)35-14-12-31(37)38)17-28(27)36(30)15-6-16-55(40,41)42;1-2-3-7(4,5)6;/h3-5,7,9-11,17-19H,6,12,14-16,20-21H2,1-2H3,(H,35,39)(H,37,38)(H,40,41,42)(H,43,44,45)(H,46,47,48)(H,49,50,51)(H,52,53,54);1-3H2,(H,4,5,6);/q2*-1;/b4-3+,30-9+;;. The Balaban J connectivity index is 0.00000157. The third-order valence-corrected chi connectivity index (χ3v) is 15.7. The molecule has 3 aromatic rings. The SMILES string of the molecule is CC(CS(=O)(=O)O)([C](=[Ni])/C=C/C=C1/N(CCCS(=O)(=O)O)c2cc(C(=O)NCCC(=O)O)ccc2C1(C)CS(=O)(=O)O)c1[c-]ccc2c(S(=O)(=O)O)cc(S(=O)(=O)O)cc12.[CH2-]CCS(=O)(=O)O. The average molecular weight is 1100 g/mol. The quantitative estimate of drug-likeness (QED) is 0.0453. The number of anilines is 1. The minimum Gasteiger partial charge on any atom is -0.342 e. The number of nitrogens with one attached hydrogen (secondary N) is 1. The van der Waals surface area contributed by atoms with Crippen LogP contribution in [-0.2, 0) is 91.4 Å². The number of benzene rings is 3. The number of amides is 1. The van der Waals surface area contributed by atoms with E-state index in [1.165, 1.54) is 49.1 Å². The van der Waals surface area contributed by atoms with Gasteiger partial charge in [0.05, 0.1) is 6.42 Å². The van der Waals surface area contributed by atoms with E-state index in [1.807, 2.05) is 0 Å². The van der Waals surface area contributed by atoms with Gasteiger partial charge >= 0.3 is 339 Å². The molecule has 8 N–H and O–H groups in total. The van der Waals surface area contributed by atoms with Crippen molar-refractivity contribution in [2.24, 2.45) is 0 Å². The van der Waals surface area contributed by atoms with Crippen LogP contribution in [0, 0.1) is 13.0 Å². The Morgan fingerprint density at radius 3 is 1.94 bits per heavy atom. The van der Waals surface area contributed by atoms with Crippen LogP contribution in [-0.4, -0.2) is 135 Å². The van der Waals surface area contributed by atoms with Crippen LogP contribution in [0.15, 0.2) is 76.2 Å². The Kier molecular flexibility index (Phi) is 18.2. The molecule has 30 heteroatoms. The van der Waals surface area contributed by atoms with Crippen LogP contribution < -0.4 is 10.2 Å². The molecule has 0 saturated carbocycles. The average Bonchev–Trinajstić information content (AvgIpc) is 3.36. The van der Waals surface area contributed by atoms with Gasteiger partial charge in [0.25, 0.3) is 10.1 Å². The zero-order chi connectivity index (χ0) is 51.4. The zero-order valence-corrected chi connectivity index (χ0v) is 40.8. The molecule has 23 nitrogen and oxygen atoms in total. The van der Waals surface area contributed by atoms with Crippen molar-refractivity contribution in [2.45, 2.75) is 53.7 Å². The maximum atomic E-state index is 13.0. The molecule has 0 aromatic heterocycles. The molecule has 2 unspecified atom stereocenters. The molecule has 0 aliphatic carbocycles. The van der Waals surface area contributed by atoms with Gasteiger partial charge in [0, 0.05) is 5.75 Å². The molecular formula is C37H44N2NiO21S6-2. The Labute approximate surface area is 394 Å². The zero-order valence-electron chi connectivity index (χ0n) is 34.9. The monoisotopic (exact) mass is 1100 g/mol. The van der Waals surface area contributed by atoms with Gasteiger partial charge < -0.3 is 12.0 Å². The smallest absolute Gasteiger partial charge is 0.262 e. The number of carboxylic acid groups (broad SMARTS) is 1. The van der Waals surface area contributed by atoms with Crippen LogP contribution in [0.5, 0.6) is 0 Å². The molecule has 0 fully saturated rings. The number of nitrogens with zero attached hydrogens (tertiary/aromatic N) is 1. The molecule has 67 heavy (non-hydrogen) atoms. The normalized spacial score (nSPS) is 17.5. The number of carboxylic acids is 1. The molecule has 0 spiro atoms. The summed E-state index contributed by atoms with van der Waals surface area (Å²) in [4.78, 5) is 23.3. The molecule has 1 heterocycles. The number of fused-ring (bicyclic) bond motifs is 2. The van der Waals surface area contributed by atoms with Gasteiger partial charge in [0.15, 0.2) is 0 Å². The largest absolute Gasteiger partial charge is 0.342 e. The van der Waals surface area contributed by atoms with Crippen molar-refractivity contribution in [3.8, 4) is 0 Å². The summed E-state index contributed by atoms with van der Waals surface area (Å²) in [5.41, 5.74) is -3.77. The van der Waals surface area contributed by atoms with Crippen molar-refractivity contribution in [2.75, 3.05) is 41.0 Å². The molecule has 376 valence electrons. The summed E-state index contributed by atoms with van der Waals surface area (Å²) >= 11 is 5.21. The number of rotatable bonds is 20. The predicted octanol–water partition coefficient (Wildman–Crippen LogP) is 1.68. The van der Waals surface area contributed by atoms with Crippen molar-refractivity contribution in [1.82, 2.24) is 5.32 Å². The topological polar surface area (TPSA) is 396 Å². The summed E-state index contributed by atoms with van der Waals surface area (Å²) < 4.78 is 199. The van der Waals surface area contributed by atoms with Gasteiger partial charge in [0.2, 0.25) is 0 Å². The Hall–Kier alpha value is -4.04. The number of hydrogen-bond acceptors (Lipinski definition) is 15. The molecule has 3 aromatic carbocycles. The molecule has 0 radical (unpaired) electrons. The van der Waals surface area contributed by atoms with E-state index in [2.05, 4.69) is 18.3 Å². The van der Waals surface area contributed by atoms with Crippen LogP contribution in [0.2, 0.25) is 0 Å². The molecule has 1 amide bonds. The first-order valence-corrected chi connectivity index (χ1v) is 28.5. The fraction of sp³-hybridized carbons (Fsp3) is 0.351. The van der Waals surface area contributed by atoms with Crippen molar-refractivity contribution in [3.05, 3.63) is 96.1 Å². The molecule has 2 atom stereocenters. The van der Waals surface area contributed by atoms with E-state index >= 15 is 0 Å². The fourth-order valence-corrected chi connectivity index (χ4v) is 11.7. The summed E-state index contributed by atoms with van der Waals surface area (Å²) in [5.74, 6) is -5.15. The number of allylic oxidation sites excluding steroid dienone is 4. The van der Waals surface area contributed by atoms with E-state index in [0.717, 1.165) is 24.3 Å². The summed E-state index contributed by atoms with van der Waals surface area (Å²) in [6.07, 6.45) is 3.10. The van der Waals surface area contributed by atoms with Crippen LogP contribution >= 0.6 is 0 Å². The number of aliphatic carboxylic acids is 1. The molecule has 1 aliphatic heterocycles. The molecule has 0 bridgehead atoms. The van der Waals surface area contributed by atoms with E-state index in [0.29, 0.717) is 6.07 Å². The Morgan fingerprint density at radius 1 is 0.836 bits per heavy atom. The third-order valence-electron chi connectivity index (χ3n) is 9.72. The van der Waals surface area contributed by atoms with Gasteiger partial charge in [-0.1, -0.05) is 0 Å². The third kappa shape index (κ3) is 16.0. The molecular weight excluding hydrogens is 1060 g/mol. The van der Waals surface area contributed by atoms with Crippen LogP contribution in [0.4, 0.5) is 5.69 Å². The van der Waals surface area contributed by atoms with Gasteiger partial charge in [-0.2, -0.15) is 14.8 Å². The summed E-state index contributed by atoms with van der Waals surface area (Å²) in [6, 6.07) is 10.1. The first kappa shape index (κ1) is 57.3. The van der Waals surface area contributed by atoms with Crippen molar-refractivity contribution in [3.63, 3.8) is 0 Å². The Bertz CT molecular complexity index is 3210. The van der Waals surface area contributed by atoms with E-state index in [9.17, 15) is 82.9 Å². The van der Waals surface area contributed by atoms with Crippen LogP contribution in [0.25, 0.3) is 10.8 Å². The van der Waals surface area contributed by atoms with Crippen molar-refractivity contribution < 1.29 is 108 Å². The first-order chi connectivity index (χ1) is 30.3. The van der Waals surface area contributed by atoms with Crippen molar-refractivity contribution in [1.29, 1.82) is 0 Å². The fourth-order valence-electron chi connectivity index (χ4n) is 7.03. The minimum atomic E-state index is -5.20. The number of carbonyl (C=O) groups is 2. The van der Waals surface area contributed by atoms with E-state index in [1.54, 1.807) is 0 Å². The second-order valence-electron chi connectivity index (χ2n) is 15.1. The summed E-state index contributed by atoms with van der Waals surface area (Å²) in [5, 5.41) is 10.6. The minimum absolute atomic E-state index is 0.0294. The number of carbonyl (C=O) groups excluding carboxylic acids is 1. The van der Waals surface area contributed by atoms with Gasteiger partial charge in [0.1, 0.15) is 0 Å². The Morgan fingerprint density at radius 2 is 1.45 bits per heavy atom. The number of hydrogen-bond donors (Lipinski definition) is 8. The van der Waals surface area contributed by atoms with E-state index < -0.39 is 117 Å². The van der Waals surface area contributed by atoms with Gasteiger partial charge in [-0.05, 0) is 0 Å². The predicted molar refractivity (Wildman–Crippen MR) is 238 cm³/mol. The second-order valence-corrected chi connectivity index (χ2v) is 24.5. The molecule has 0 saturated heterocycles. The van der Waals surface area contributed by atoms with Gasteiger partial charge in [-0.15, -0.1) is 0 Å². The first-order valence-electron chi connectivity index (χ1n) is 18.7. The van der Waals surface area contributed by atoms with Gasteiger partial charge in [-0.25, -0.2) is 0 Å². The molecule has 1 aliphatic rings. The van der Waals surface area contributed by atoms with Gasteiger partial charge in [-0.3, -0.25) is 9.35 Å². The maximum absolute atomic E-state index is 13.0. The van der Waals surface area contributed by atoms with E-state index in [-0.39, 0.29) is 75.0 Å². The maximum Gasteiger partial charge on any atom is 0.262 e. The summed E-state index contributed by atoms with van der Waals surface area (Å²) in [6.45, 7) is 5.28. The van der Waals surface area contributed by atoms with Crippen LogP contribution in [0.3, 0.4) is 0 Å².